The second kappa shape index (κ2) is 5.28. The van der Waals surface area contributed by atoms with Gasteiger partial charge in [-0.25, -0.2) is 0 Å². The Hall–Kier alpha value is -1.07. The van der Waals surface area contributed by atoms with Crippen LogP contribution in [-0.4, -0.2) is 39.9 Å². The fourth-order valence-electron chi connectivity index (χ4n) is 2.10. The molecule has 98 valence electrons. The molecule has 0 amide bonds. The molecular weight excluding hydrogens is 298 g/mol. The van der Waals surface area contributed by atoms with E-state index in [0.717, 1.165) is 10.2 Å². The third kappa shape index (κ3) is 2.52. The van der Waals surface area contributed by atoms with E-state index in [0.29, 0.717) is 19.8 Å². The van der Waals surface area contributed by atoms with E-state index in [1.165, 1.54) is 7.11 Å². The highest BCUT2D eigenvalue weighted by atomic mass is 79.9. The number of nitrogens with zero attached hydrogens (tertiary/aromatic N) is 1. The van der Waals surface area contributed by atoms with Gasteiger partial charge in [0.05, 0.1) is 20.3 Å². The quantitative estimate of drug-likeness (QED) is 0.798. The third-order valence-electron chi connectivity index (χ3n) is 3.16. The molecule has 0 aliphatic carbocycles. The Balaban J connectivity index is 2.11. The van der Waals surface area contributed by atoms with E-state index in [9.17, 15) is 4.79 Å². The fraction of sp³-hybridized carbons (Fsp3) is 0.462. The molecule has 0 aromatic heterocycles. The lowest BCUT2D eigenvalue weighted by molar-refractivity contribution is -0.180. The molecule has 0 atom stereocenters. The molecule has 0 bridgehead atoms. The lowest BCUT2D eigenvalue weighted by Crippen LogP contribution is -2.56. The van der Waals surface area contributed by atoms with Crippen LogP contribution in [0.15, 0.2) is 28.7 Å². The van der Waals surface area contributed by atoms with Gasteiger partial charge in [-0.15, -0.1) is 0 Å². The van der Waals surface area contributed by atoms with E-state index in [-0.39, 0.29) is 5.97 Å². The highest BCUT2D eigenvalue weighted by Crippen LogP contribution is 2.31. The van der Waals surface area contributed by atoms with Gasteiger partial charge in [0.15, 0.2) is 0 Å². The van der Waals surface area contributed by atoms with Gasteiger partial charge in [-0.05, 0) is 18.2 Å². The highest BCUT2D eigenvalue weighted by Gasteiger charge is 2.48. The smallest absolute Gasteiger partial charge is 0.318 e. The molecule has 0 N–H and O–H groups in total. The van der Waals surface area contributed by atoms with E-state index in [2.05, 4.69) is 15.9 Å². The number of carbonyl (C=O) groups excluding carboxylic acids is 1. The summed E-state index contributed by atoms with van der Waals surface area (Å²) in [7, 11) is 3.38. The zero-order valence-electron chi connectivity index (χ0n) is 10.5. The van der Waals surface area contributed by atoms with Crippen molar-refractivity contribution in [3.05, 3.63) is 28.7 Å². The van der Waals surface area contributed by atoms with Crippen molar-refractivity contribution in [1.82, 2.24) is 0 Å². The molecule has 1 aromatic rings. The number of hydrogen-bond donors (Lipinski definition) is 0. The van der Waals surface area contributed by atoms with Gasteiger partial charge in [-0.3, -0.25) is 4.79 Å². The molecule has 0 spiro atoms. The number of hydrogen-bond acceptors (Lipinski definition) is 4. The number of ether oxygens (including phenoxy) is 2. The van der Waals surface area contributed by atoms with Gasteiger partial charge in [0.2, 0.25) is 0 Å². The van der Waals surface area contributed by atoms with E-state index in [1.807, 2.05) is 36.2 Å². The van der Waals surface area contributed by atoms with Crippen molar-refractivity contribution in [1.29, 1.82) is 0 Å². The van der Waals surface area contributed by atoms with Crippen LogP contribution in [0.3, 0.4) is 0 Å². The Morgan fingerprint density at radius 2 is 2.28 bits per heavy atom. The summed E-state index contributed by atoms with van der Waals surface area (Å²) in [5, 5.41) is 0. The van der Waals surface area contributed by atoms with Crippen LogP contribution in [0.25, 0.3) is 0 Å². The molecule has 18 heavy (non-hydrogen) atoms. The lowest BCUT2D eigenvalue weighted by atomic mass is 9.85. The Kier molecular flexibility index (Phi) is 3.92. The van der Waals surface area contributed by atoms with Crippen molar-refractivity contribution in [3.8, 4) is 0 Å². The summed E-state index contributed by atoms with van der Waals surface area (Å²) in [5.41, 5.74) is 0.533. The van der Waals surface area contributed by atoms with Crippen molar-refractivity contribution in [2.75, 3.05) is 38.8 Å². The van der Waals surface area contributed by atoms with Crippen LogP contribution in [0.4, 0.5) is 5.69 Å². The number of benzene rings is 1. The van der Waals surface area contributed by atoms with Gasteiger partial charge >= 0.3 is 5.97 Å². The maximum absolute atomic E-state index is 11.8. The largest absolute Gasteiger partial charge is 0.468 e. The number of carbonyl (C=O) groups is 1. The lowest BCUT2D eigenvalue weighted by Gasteiger charge is -2.41. The maximum Gasteiger partial charge on any atom is 0.318 e. The highest BCUT2D eigenvalue weighted by molar-refractivity contribution is 9.10. The average Bonchev–Trinajstić information content (AvgIpc) is 2.32. The number of methoxy groups -OCH3 is 1. The van der Waals surface area contributed by atoms with Gasteiger partial charge in [0.25, 0.3) is 0 Å². The topological polar surface area (TPSA) is 38.8 Å². The van der Waals surface area contributed by atoms with Crippen molar-refractivity contribution in [3.63, 3.8) is 0 Å². The van der Waals surface area contributed by atoms with Crippen LogP contribution in [-0.2, 0) is 14.3 Å². The summed E-state index contributed by atoms with van der Waals surface area (Å²) in [6, 6.07) is 7.97. The van der Waals surface area contributed by atoms with E-state index < -0.39 is 5.41 Å². The first-order valence-corrected chi connectivity index (χ1v) is 6.49. The summed E-state index contributed by atoms with van der Waals surface area (Å²) < 4.78 is 11.1. The molecule has 1 aromatic carbocycles. The zero-order chi connectivity index (χ0) is 13.2. The van der Waals surface area contributed by atoms with Gasteiger partial charge in [-0.2, -0.15) is 0 Å². The van der Waals surface area contributed by atoms with Crippen LogP contribution in [0.1, 0.15) is 0 Å². The zero-order valence-corrected chi connectivity index (χ0v) is 12.1. The maximum atomic E-state index is 11.8. The van der Waals surface area contributed by atoms with Gasteiger partial charge in [0.1, 0.15) is 5.41 Å². The molecule has 1 aliphatic heterocycles. The number of anilines is 1. The number of halogens is 1. The van der Waals surface area contributed by atoms with Crippen LogP contribution >= 0.6 is 15.9 Å². The predicted molar refractivity (Wildman–Crippen MR) is 72.7 cm³/mol. The van der Waals surface area contributed by atoms with Crippen LogP contribution in [0.5, 0.6) is 0 Å². The molecule has 1 aliphatic rings. The van der Waals surface area contributed by atoms with Crippen molar-refractivity contribution < 1.29 is 14.3 Å². The van der Waals surface area contributed by atoms with Gasteiger partial charge in [-0.1, -0.05) is 22.0 Å². The Morgan fingerprint density at radius 1 is 1.56 bits per heavy atom. The summed E-state index contributed by atoms with van der Waals surface area (Å²) >= 11 is 3.44. The molecule has 2 rings (SSSR count). The fourth-order valence-corrected chi connectivity index (χ4v) is 2.48. The number of rotatable bonds is 4. The molecule has 5 heteroatoms. The first-order valence-electron chi connectivity index (χ1n) is 5.70. The Bertz CT molecular complexity index is 446. The van der Waals surface area contributed by atoms with Crippen LogP contribution < -0.4 is 4.90 Å². The summed E-state index contributed by atoms with van der Waals surface area (Å²) in [4.78, 5) is 13.9. The normalized spacial score (nSPS) is 16.8. The second-order valence-electron chi connectivity index (χ2n) is 4.60. The van der Waals surface area contributed by atoms with Crippen LogP contribution in [0.2, 0.25) is 0 Å². The first-order chi connectivity index (χ1) is 8.57. The molecular formula is C13H16BrNO3. The third-order valence-corrected chi connectivity index (χ3v) is 3.66. The van der Waals surface area contributed by atoms with Gasteiger partial charge < -0.3 is 14.4 Å². The predicted octanol–water partition coefficient (Wildman–Crippen LogP) is 2.07. The summed E-state index contributed by atoms with van der Waals surface area (Å²) in [6.45, 7) is 1.45. The monoisotopic (exact) mass is 313 g/mol. The molecule has 0 radical (unpaired) electrons. The molecule has 4 nitrogen and oxygen atoms in total. The number of esters is 1. The Labute approximate surface area is 115 Å². The van der Waals surface area contributed by atoms with Crippen molar-refractivity contribution in [2.24, 2.45) is 5.41 Å². The molecule has 1 saturated heterocycles. The minimum atomic E-state index is -0.522. The minimum absolute atomic E-state index is 0.199. The average molecular weight is 314 g/mol. The van der Waals surface area contributed by atoms with Crippen LogP contribution in [0, 0.1) is 5.41 Å². The van der Waals surface area contributed by atoms with E-state index in [1.54, 1.807) is 0 Å². The van der Waals surface area contributed by atoms with Crippen molar-refractivity contribution in [2.45, 2.75) is 0 Å². The summed E-state index contributed by atoms with van der Waals surface area (Å²) in [6.07, 6.45) is 0. The van der Waals surface area contributed by atoms with Crippen molar-refractivity contribution >= 4 is 27.6 Å². The SMILES string of the molecule is COC(=O)C1(CN(C)c2cccc(Br)c2)COC1. The van der Waals surface area contributed by atoms with E-state index >= 15 is 0 Å². The Morgan fingerprint density at radius 3 is 2.78 bits per heavy atom. The molecule has 0 saturated carbocycles. The van der Waals surface area contributed by atoms with Gasteiger partial charge in [0, 0.05) is 23.8 Å². The molecule has 0 unspecified atom stereocenters. The standard InChI is InChI=1S/C13H16BrNO3/c1-15(11-5-3-4-10(14)6-11)7-13(8-18-9-13)12(16)17-2/h3-6H,7-9H2,1-2H3. The molecule has 1 heterocycles. The molecule has 1 fully saturated rings. The second-order valence-corrected chi connectivity index (χ2v) is 5.52. The minimum Gasteiger partial charge on any atom is -0.468 e. The van der Waals surface area contributed by atoms with E-state index in [4.69, 9.17) is 9.47 Å². The first kappa shape index (κ1) is 13.4. The summed E-state index contributed by atoms with van der Waals surface area (Å²) in [5.74, 6) is -0.199.